The standard InChI is InChI=1S/C23H29N3O3/c1-3-15-6-8-16(9-7-15)22-19-20(17-13-14(2)5-10-18(17)28)24-25-21(19)23(29)26(22)11-4-12-27/h5-10,13,19-22,24-25,27-28H,3-4,11-12H2,1-2H3. The number of phenols is 1. The number of carbonyl (C=O) groups excluding carboxylic acids is 1. The van der Waals surface area contributed by atoms with E-state index in [4.69, 9.17) is 0 Å². The monoisotopic (exact) mass is 395 g/mol. The molecule has 6 heteroatoms. The topological polar surface area (TPSA) is 84.8 Å². The fourth-order valence-corrected chi connectivity index (χ4v) is 4.73. The Labute approximate surface area is 171 Å². The molecular formula is C23H29N3O3. The Hall–Kier alpha value is -2.41. The first-order valence-corrected chi connectivity index (χ1v) is 10.4. The van der Waals surface area contributed by atoms with E-state index in [0.29, 0.717) is 13.0 Å². The molecule has 4 unspecified atom stereocenters. The first-order chi connectivity index (χ1) is 14.0. The highest BCUT2D eigenvalue weighted by Crippen LogP contribution is 2.48. The lowest BCUT2D eigenvalue weighted by Gasteiger charge is -2.31. The van der Waals surface area contributed by atoms with Gasteiger partial charge in [0.2, 0.25) is 5.91 Å². The average molecular weight is 396 g/mol. The third-order valence-electron chi connectivity index (χ3n) is 6.22. The van der Waals surface area contributed by atoms with Crippen molar-refractivity contribution in [2.45, 2.75) is 44.8 Å². The van der Waals surface area contributed by atoms with E-state index in [1.165, 1.54) is 5.56 Å². The van der Waals surface area contributed by atoms with Gasteiger partial charge in [0.25, 0.3) is 0 Å². The molecule has 29 heavy (non-hydrogen) atoms. The van der Waals surface area contributed by atoms with Crippen molar-refractivity contribution in [3.8, 4) is 5.75 Å². The Balaban J connectivity index is 1.76. The number of amides is 1. The van der Waals surface area contributed by atoms with Crippen LogP contribution in [0.2, 0.25) is 0 Å². The number of aliphatic hydroxyl groups is 1. The molecule has 4 atom stereocenters. The van der Waals surface area contributed by atoms with Gasteiger partial charge in [0, 0.05) is 24.6 Å². The predicted molar refractivity (Wildman–Crippen MR) is 111 cm³/mol. The quantitative estimate of drug-likeness (QED) is 0.603. The van der Waals surface area contributed by atoms with E-state index in [0.717, 1.165) is 23.1 Å². The van der Waals surface area contributed by atoms with Gasteiger partial charge in [0.1, 0.15) is 11.8 Å². The minimum atomic E-state index is -0.366. The predicted octanol–water partition coefficient (Wildman–Crippen LogP) is 2.36. The van der Waals surface area contributed by atoms with Gasteiger partial charge >= 0.3 is 0 Å². The van der Waals surface area contributed by atoms with Crippen LogP contribution in [0.1, 0.15) is 47.7 Å². The summed E-state index contributed by atoms with van der Waals surface area (Å²) in [6.07, 6.45) is 1.51. The Morgan fingerprint density at radius 1 is 1.07 bits per heavy atom. The maximum Gasteiger partial charge on any atom is 0.242 e. The molecule has 2 aromatic rings. The Morgan fingerprint density at radius 2 is 1.79 bits per heavy atom. The van der Waals surface area contributed by atoms with Crippen molar-refractivity contribution in [1.29, 1.82) is 0 Å². The van der Waals surface area contributed by atoms with Crippen molar-refractivity contribution >= 4 is 5.91 Å². The molecule has 2 aliphatic rings. The molecule has 154 valence electrons. The highest BCUT2D eigenvalue weighted by atomic mass is 16.3. The van der Waals surface area contributed by atoms with Gasteiger partial charge in [-0.3, -0.25) is 4.79 Å². The highest BCUT2D eigenvalue weighted by molar-refractivity contribution is 5.86. The molecule has 1 amide bonds. The molecule has 0 aromatic heterocycles. The van der Waals surface area contributed by atoms with Crippen LogP contribution in [0.5, 0.6) is 5.75 Å². The molecule has 2 aromatic carbocycles. The molecule has 6 nitrogen and oxygen atoms in total. The molecule has 2 fully saturated rings. The summed E-state index contributed by atoms with van der Waals surface area (Å²) in [5.41, 5.74) is 10.7. The number of hydrazine groups is 1. The third-order valence-corrected chi connectivity index (χ3v) is 6.22. The SMILES string of the molecule is CCc1ccc(C2C3C(NNC3c3cc(C)ccc3O)C(=O)N2CCCO)cc1. The maximum atomic E-state index is 13.2. The summed E-state index contributed by atoms with van der Waals surface area (Å²) in [5.74, 6) is 0.202. The van der Waals surface area contributed by atoms with Crippen molar-refractivity contribution in [2.24, 2.45) is 5.92 Å². The maximum absolute atomic E-state index is 13.2. The minimum Gasteiger partial charge on any atom is -0.508 e. The zero-order valence-corrected chi connectivity index (χ0v) is 16.9. The number of aliphatic hydroxyl groups excluding tert-OH is 1. The van der Waals surface area contributed by atoms with Gasteiger partial charge < -0.3 is 15.1 Å². The van der Waals surface area contributed by atoms with Crippen LogP contribution in [0.25, 0.3) is 0 Å². The minimum absolute atomic E-state index is 0.0372. The third kappa shape index (κ3) is 3.52. The Morgan fingerprint density at radius 3 is 2.48 bits per heavy atom. The van der Waals surface area contributed by atoms with Crippen LogP contribution >= 0.6 is 0 Å². The number of phenolic OH excluding ortho intramolecular Hbond substituents is 1. The van der Waals surface area contributed by atoms with E-state index in [1.807, 2.05) is 24.0 Å². The number of fused-ring (bicyclic) bond motifs is 1. The number of aromatic hydroxyl groups is 1. The number of hydrogen-bond acceptors (Lipinski definition) is 5. The average Bonchev–Trinajstić information content (AvgIpc) is 3.27. The number of nitrogens with one attached hydrogen (secondary N) is 2. The summed E-state index contributed by atoms with van der Waals surface area (Å²) < 4.78 is 0. The lowest BCUT2D eigenvalue weighted by molar-refractivity contribution is -0.130. The van der Waals surface area contributed by atoms with Crippen molar-refractivity contribution in [3.05, 3.63) is 64.7 Å². The lowest BCUT2D eigenvalue weighted by Crippen LogP contribution is -2.41. The molecule has 0 spiro atoms. The second kappa shape index (κ2) is 8.14. The molecule has 0 radical (unpaired) electrons. The van der Waals surface area contributed by atoms with Gasteiger partial charge in [0.15, 0.2) is 0 Å². The van der Waals surface area contributed by atoms with Gasteiger partial charge in [-0.05, 0) is 37.0 Å². The van der Waals surface area contributed by atoms with Crippen molar-refractivity contribution in [1.82, 2.24) is 15.8 Å². The zero-order valence-electron chi connectivity index (χ0n) is 16.9. The van der Waals surface area contributed by atoms with Crippen LogP contribution < -0.4 is 10.9 Å². The van der Waals surface area contributed by atoms with Gasteiger partial charge in [-0.2, -0.15) is 0 Å². The number of rotatable bonds is 6. The number of carbonyl (C=O) groups is 1. The smallest absolute Gasteiger partial charge is 0.242 e. The summed E-state index contributed by atoms with van der Waals surface area (Å²) in [4.78, 5) is 15.1. The fraction of sp³-hybridized carbons (Fsp3) is 0.435. The zero-order chi connectivity index (χ0) is 20.5. The van der Waals surface area contributed by atoms with E-state index in [1.54, 1.807) is 6.07 Å². The molecule has 0 aliphatic carbocycles. The summed E-state index contributed by atoms with van der Waals surface area (Å²) in [7, 11) is 0. The van der Waals surface area contributed by atoms with E-state index in [-0.39, 0.29) is 42.3 Å². The van der Waals surface area contributed by atoms with E-state index in [2.05, 4.69) is 42.0 Å². The van der Waals surface area contributed by atoms with Crippen molar-refractivity contribution in [3.63, 3.8) is 0 Å². The van der Waals surface area contributed by atoms with Crippen LogP contribution in [0.15, 0.2) is 42.5 Å². The molecular weight excluding hydrogens is 366 g/mol. The van der Waals surface area contributed by atoms with Gasteiger partial charge in [-0.25, -0.2) is 10.9 Å². The fourth-order valence-electron chi connectivity index (χ4n) is 4.73. The van der Waals surface area contributed by atoms with Crippen LogP contribution in [-0.4, -0.2) is 40.2 Å². The van der Waals surface area contributed by atoms with Crippen molar-refractivity contribution < 1.29 is 15.0 Å². The summed E-state index contributed by atoms with van der Waals surface area (Å²) >= 11 is 0. The second-order valence-corrected chi connectivity index (χ2v) is 8.03. The number of aryl methyl sites for hydroxylation is 2. The van der Waals surface area contributed by atoms with E-state index >= 15 is 0 Å². The van der Waals surface area contributed by atoms with Crippen LogP contribution in [0.3, 0.4) is 0 Å². The van der Waals surface area contributed by atoms with Crippen LogP contribution in [-0.2, 0) is 11.2 Å². The molecule has 2 heterocycles. The number of hydrogen-bond donors (Lipinski definition) is 4. The van der Waals surface area contributed by atoms with Crippen LogP contribution in [0, 0.1) is 12.8 Å². The Bertz CT molecular complexity index is 883. The van der Waals surface area contributed by atoms with Gasteiger partial charge in [-0.15, -0.1) is 0 Å². The van der Waals surface area contributed by atoms with Crippen molar-refractivity contribution in [2.75, 3.05) is 13.2 Å². The molecule has 2 saturated heterocycles. The van der Waals surface area contributed by atoms with Gasteiger partial charge in [-0.1, -0.05) is 48.9 Å². The van der Waals surface area contributed by atoms with Crippen LogP contribution in [0.4, 0.5) is 0 Å². The molecule has 4 rings (SSSR count). The molecule has 2 aliphatic heterocycles. The van der Waals surface area contributed by atoms with E-state index in [9.17, 15) is 15.0 Å². The molecule has 4 N–H and O–H groups in total. The molecule has 0 bridgehead atoms. The number of likely N-dealkylation sites (tertiary alicyclic amines) is 1. The van der Waals surface area contributed by atoms with Gasteiger partial charge in [0.05, 0.1) is 12.1 Å². The summed E-state index contributed by atoms with van der Waals surface area (Å²) in [6.45, 7) is 4.68. The summed E-state index contributed by atoms with van der Waals surface area (Å²) in [5, 5.41) is 19.9. The summed E-state index contributed by atoms with van der Waals surface area (Å²) in [6, 6.07) is 13.3. The molecule has 0 saturated carbocycles. The number of benzene rings is 2. The first-order valence-electron chi connectivity index (χ1n) is 10.4. The largest absolute Gasteiger partial charge is 0.508 e. The van der Waals surface area contributed by atoms with E-state index < -0.39 is 0 Å². The highest BCUT2D eigenvalue weighted by Gasteiger charge is 2.55. The normalized spacial score (nSPS) is 26.2. The Kier molecular flexibility index (Phi) is 5.58. The number of nitrogens with zero attached hydrogens (tertiary/aromatic N) is 1. The first kappa shape index (κ1) is 19.9. The lowest BCUT2D eigenvalue weighted by atomic mass is 9.82. The second-order valence-electron chi connectivity index (χ2n) is 8.03.